The zero-order valence-corrected chi connectivity index (χ0v) is 11.8. The summed E-state index contributed by atoms with van der Waals surface area (Å²) in [6.07, 6.45) is 1.72. The van der Waals surface area contributed by atoms with Crippen LogP contribution in [-0.4, -0.2) is 16.6 Å². The van der Waals surface area contributed by atoms with Crippen LogP contribution in [0.3, 0.4) is 0 Å². The van der Waals surface area contributed by atoms with Crippen molar-refractivity contribution in [3.8, 4) is 0 Å². The fourth-order valence-corrected chi connectivity index (χ4v) is 2.43. The van der Waals surface area contributed by atoms with E-state index in [2.05, 4.69) is 26.2 Å². The Bertz CT molecular complexity index is 468. The molecule has 0 fully saturated rings. The molecule has 0 amide bonds. The summed E-state index contributed by atoms with van der Waals surface area (Å²) in [7, 11) is 0. The van der Waals surface area contributed by atoms with Crippen LogP contribution in [0.25, 0.3) is 0 Å². The number of aromatic nitrogens is 1. The highest BCUT2D eigenvalue weighted by Gasteiger charge is 2.23. The molecule has 0 saturated heterocycles. The van der Waals surface area contributed by atoms with E-state index in [1.54, 1.807) is 24.5 Å². The second-order valence-corrected chi connectivity index (χ2v) is 5.70. The molecule has 90 valence electrons. The summed E-state index contributed by atoms with van der Waals surface area (Å²) < 4.78 is 0.938. The smallest absolute Gasteiger partial charge is 0.126 e. The van der Waals surface area contributed by atoms with Crippen molar-refractivity contribution < 1.29 is 5.11 Å². The van der Waals surface area contributed by atoms with E-state index in [9.17, 15) is 5.11 Å². The molecule has 2 heterocycles. The van der Waals surface area contributed by atoms with Crippen molar-refractivity contribution in [1.82, 2.24) is 4.98 Å². The highest BCUT2D eigenvalue weighted by Crippen LogP contribution is 2.23. The second-order valence-electron chi connectivity index (χ2n) is 4.00. The first-order valence-corrected chi connectivity index (χ1v) is 6.92. The third kappa shape index (κ3) is 3.28. The molecule has 1 atom stereocenters. The molecule has 0 bridgehead atoms. The van der Waals surface area contributed by atoms with Gasteiger partial charge in [-0.05, 0) is 57.4 Å². The molecule has 17 heavy (non-hydrogen) atoms. The Morgan fingerprint density at radius 2 is 2.29 bits per heavy atom. The molecule has 0 saturated carbocycles. The monoisotopic (exact) mass is 312 g/mol. The molecule has 0 radical (unpaired) electrons. The van der Waals surface area contributed by atoms with E-state index in [0.717, 1.165) is 15.9 Å². The summed E-state index contributed by atoms with van der Waals surface area (Å²) in [6.45, 7) is 2.22. The third-order valence-corrected chi connectivity index (χ3v) is 3.64. The number of anilines is 1. The van der Waals surface area contributed by atoms with Gasteiger partial charge in [-0.25, -0.2) is 4.98 Å². The normalized spacial score (nSPS) is 14.3. The lowest BCUT2D eigenvalue weighted by molar-refractivity contribution is 0.0719. The average molecular weight is 313 g/mol. The number of halogens is 1. The zero-order valence-electron chi connectivity index (χ0n) is 9.35. The topological polar surface area (TPSA) is 45.1 Å². The van der Waals surface area contributed by atoms with Crippen LogP contribution in [0.2, 0.25) is 0 Å². The van der Waals surface area contributed by atoms with Gasteiger partial charge >= 0.3 is 0 Å². The zero-order chi connectivity index (χ0) is 12.3. The molecule has 0 aliphatic carbocycles. The number of nitrogens with zero attached hydrogens (tertiary/aromatic N) is 1. The van der Waals surface area contributed by atoms with Gasteiger partial charge in [0, 0.05) is 17.2 Å². The first-order valence-electron chi connectivity index (χ1n) is 5.18. The number of thiophene rings is 1. The maximum Gasteiger partial charge on any atom is 0.126 e. The van der Waals surface area contributed by atoms with Crippen LogP contribution in [0.5, 0.6) is 0 Å². The lowest BCUT2D eigenvalue weighted by Crippen LogP contribution is -2.30. The lowest BCUT2D eigenvalue weighted by Gasteiger charge is -2.23. The van der Waals surface area contributed by atoms with Gasteiger partial charge in [-0.2, -0.15) is 11.3 Å². The van der Waals surface area contributed by atoms with Gasteiger partial charge in [-0.15, -0.1) is 0 Å². The fraction of sp³-hybridized carbons (Fsp3) is 0.250. The molecular formula is C12H13BrN2OS. The Morgan fingerprint density at radius 1 is 1.47 bits per heavy atom. The first kappa shape index (κ1) is 12.5. The largest absolute Gasteiger partial charge is 0.384 e. The van der Waals surface area contributed by atoms with Crippen molar-refractivity contribution in [2.45, 2.75) is 12.5 Å². The van der Waals surface area contributed by atoms with Crippen LogP contribution in [0, 0.1) is 0 Å². The molecular weight excluding hydrogens is 300 g/mol. The summed E-state index contributed by atoms with van der Waals surface area (Å²) >= 11 is 4.91. The Morgan fingerprint density at radius 3 is 2.88 bits per heavy atom. The highest BCUT2D eigenvalue weighted by atomic mass is 79.9. The van der Waals surface area contributed by atoms with Gasteiger partial charge in [-0.3, -0.25) is 0 Å². The third-order valence-electron chi connectivity index (χ3n) is 2.48. The Hall–Kier alpha value is -0.910. The molecule has 2 aromatic heterocycles. The van der Waals surface area contributed by atoms with Gasteiger partial charge < -0.3 is 10.4 Å². The minimum Gasteiger partial charge on any atom is -0.384 e. The summed E-state index contributed by atoms with van der Waals surface area (Å²) in [6, 6.07) is 5.71. The number of nitrogens with one attached hydrogen (secondary N) is 1. The van der Waals surface area contributed by atoms with E-state index in [-0.39, 0.29) is 0 Å². The molecule has 2 rings (SSSR count). The molecule has 2 N–H and O–H groups in total. The molecule has 3 nitrogen and oxygen atoms in total. The standard InChI is InChI=1S/C12H13BrN2OS/c1-12(16,9-4-5-17-7-9)8-15-11-3-2-10(13)6-14-11/h2-7,16H,8H2,1H3,(H,14,15)/t12-/m0/s1. The van der Waals surface area contributed by atoms with E-state index < -0.39 is 5.60 Å². The lowest BCUT2D eigenvalue weighted by atomic mass is 9.99. The van der Waals surface area contributed by atoms with Crippen LogP contribution in [0.4, 0.5) is 5.82 Å². The molecule has 5 heteroatoms. The van der Waals surface area contributed by atoms with Crippen molar-refractivity contribution in [1.29, 1.82) is 0 Å². The molecule has 0 aromatic carbocycles. The second kappa shape index (κ2) is 5.16. The molecule has 0 aliphatic rings. The summed E-state index contributed by atoms with van der Waals surface area (Å²) in [5.74, 6) is 0.753. The van der Waals surface area contributed by atoms with Crippen LogP contribution in [0.15, 0.2) is 39.6 Å². The maximum absolute atomic E-state index is 10.3. The van der Waals surface area contributed by atoms with E-state index >= 15 is 0 Å². The van der Waals surface area contributed by atoms with Crippen molar-refractivity contribution >= 4 is 33.1 Å². The van der Waals surface area contributed by atoms with Crippen molar-refractivity contribution in [3.63, 3.8) is 0 Å². The number of aliphatic hydroxyl groups is 1. The fourth-order valence-electron chi connectivity index (χ4n) is 1.42. The van der Waals surface area contributed by atoms with E-state index in [0.29, 0.717) is 6.54 Å². The number of rotatable bonds is 4. The maximum atomic E-state index is 10.3. The van der Waals surface area contributed by atoms with E-state index in [1.807, 2.05) is 29.0 Å². The molecule has 0 spiro atoms. The van der Waals surface area contributed by atoms with Crippen LogP contribution in [0.1, 0.15) is 12.5 Å². The Kier molecular flexibility index (Phi) is 3.81. The van der Waals surface area contributed by atoms with E-state index in [1.165, 1.54) is 0 Å². The van der Waals surface area contributed by atoms with E-state index in [4.69, 9.17) is 0 Å². The molecule has 0 aliphatic heterocycles. The summed E-state index contributed by atoms with van der Waals surface area (Å²) in [5, 5.41) is 17.3. The SMILES string of the molecule is C[C@](O)(CNc1ccc(Br)cn1)c1ccsc1. The van der Waals surface area contributed by atoms with Gasteiger partial charge in [0.25, 0.3) is 0 Å². The van der Waals surface area contributed by atoms with Crippen LogP contribution < -0.4 is 5.32 Å². The quantitative estimate of drug-likeness (QED) is 0.911. The average Bonchev–Trinajstić information content (AvgIpc) is 2.82. The highest BCUT2D eigenvalue weighted by molar-refractivity contribution is 9.10. The number of hydrogen-bond donors (Lipinski definition) is 2. The summed E-state index contributed by atoms with van der Waals surface area (Å²) in [5.41, 5.74) is 0.0430. The van der Waals surface area contributed by atoms with Crippen LogP contribution >= 0.6 is 27.3 Å². The predicted octanol–water partition coefficient (Wildman–Crippen LogP) is 3.23. The minimum absolute atomic E-state index is 0.429. The van der Waals surface area contributed by atoms with Gasteiger partial charge in [0.15, 0.2) is 0 Å². The predicted molar refractivity (Wildman–Crippen MR) is 74.3 cm³/mol. The van der Waals surface area contributed by atoms with Gasteiger partial charge in [-0.1, -0.05) is 0 Å². The van der Waals surface area contributed by atoms with Crippen molar-refractivity contribution in [2.75, 3.05) is 11.9 Å². The van der Waals surface area contributed by atoms with Crippen molar-refractivity contribution in [2.24, 2.45) is 0 Å². The number of pyridine rings is 1. The van der Waals surface area contributed by atoms with Gasteiger partial charge in [0.1, 0.15) is 11.4 Å². The Labute approximate surface area is 113 Å². The number of hydrogen-bond acceptors (Lipinski definition) is 4. The van der Waals surface area contributed by atoms with Crippen LogP contribution in [-0.2, 0) is 5.60 Å². The van der Waals surface area contributed by atoms with Gasteiger partial charge in [0.2, 0.25) is 0 Å². The van der Waals surface area contributed by atoms with Crippen molar-refractivity contribution in [3.05, 3.63) is 45.2 Å². The summed E-state index contributed by atoms with van der Waals surface area (Å²) in [4.78, 5) is 4.20. The molecule has 2 aromatic rings. The van der Waals surface area contributed by atoms with Gasteiger partial charge in [0.05, 0.1) is 0 Å². The minimum atomic E-state index is -0.880. The Balaban J connectivity index is 2.00. The first-order chi connectivity index (χ1) is 8.08. The molecule has 0 unspecified atom stereocenters.